The maximum atomic E-state index is 5.40. The Kier molecular flexibility index (Phi) is 5.09. The molecule has 1 rings (SSSR count). The number of allylic oxidation sites excluding steroid dienone is 1. The Hall–Kier alpha value is -0.340. The van der Waals surface area contributed by atoms with Gasteiger partial charge in [-0.15, -0.1) is 0 Å². The van der Waals surface area contributed by atoms with E-state index in [0.717, 1.165) is 26.2 Å². The fourth-order valence-corrected chi connectivity index (χ4v) is 1.61. The lowest BCUT2D eigenvalue weighted by molar-refractivity contribution is 0.0770. The molecule has 1 N–H and O–H groups in total. The average Bonchev–Trinajstić information content (AvgIpc) is 2.16. The van der Waals surface area contributed by atoms with Crippen molar-refractivity contribution in [1.82, 2.24) is 5.32 Å². The Bertz CT molecular complexity index is 159. The molecule has 1 atom stereocenters. The molecule has 0 radical (unpaired) electrons. The standard InChI is InChI=1S/C11H21NO/c1-3-4-5-10(2)8-11-9-13-7-6-12-11/h5,11-12H,3-4,6-9H2,1-2H3/b10-5-. The molecule has 13 heavy (non-hydrogen) atoms. The van der Waals surface area contributed by atoms with E-state index < -0.39 is 0 Å². The molecule has 0 bridgehead atoms. The van der Waals surface area contributed by atoms with Gasteiger partial charge in [-0.05, 0) is 19.8 Å². The van der Waals surface area contributed by atoms with Crippen molar-refractivity contribution < 1.29 is 4.74 Å². The molecule has 0 aromatic carbocycles. The Labute approximate surface area is 81.4 Å². The Balaban J connectivity index is 2.21. The van der Waals surface area contributed by atoms with Gasteiger partial charge in [0.1, 0.15) is 0 Å². The number of hydrogen-bond donors (Lipinski definition) is 1. The van der Waals surface area contributed by atoms with E-state index in [1.165, 1.54) is 18.4 Å². The highest BCUT2D eigenvalue weighted by Gasteiger charge is 2.12. The molecule has 0 aliphatic carbocycles. The Morgan fingerprint density at radius 3 is 3.08 bits per heavy atom. The van der Waals surface area contributed by atoms with Gasteiger partial charge in [0, 0.05) is 12.6 Å². The van der Waals surface area contributed by atoms with Crippen LogP contribution < -0.4 is 5.32 Å². The average molecular weight is 183 g/mol. The smallest absolute Gasteiger partial charge is 0.0623 e. The number of nitrogens with one attached hydrogen (secondary N) is 1. The molecule has 1 aliphatic rings. The third-order valence-electron chi connectivity index (χ3n) is 2.35. The van der Waals surface area contributed by atoms with E-state index in [0.29, 0.717) is 6.04 Å². The van der Waals surface area contributed by atoms with Gasteiger partial charge in [0.05, 0.1) is 13.2 Å². The number of rotatable bonds is 4. The van der Waals surface area contributed by atoms with Gasteiger partial charge >= 0.3 is 0 Å². The van der Waals surface area contributed by atoms with Crippen molar-refractivity contribution in [3.8, 4) is 0 Å². The maximum absolute atomic E-state index is 5.40. The largest absolute Gasteiger partial charge is 0.379 e. The first-order valence-corrected chi connectivity index (χ1v) is 5.29. The molecule has 2 nitrogen and oxygen atoms in total. The van der Waals surface area contributed by atoms with Crippen LogP contribution in [0.15, 0.2) is 11.6 Å². The highest BCUT2D eigenvalue weighted by molar-refractivity contribution is 5.01. The van der Waals surface area contributed by atoms with E-state index in [1.807, 2.05) is 0 Å². The van der Waals surface area contributed by atoms with Gasteiger partial charge in [-0.2, -0.15) is 0 Å². The van der Waals surface area contributed by atoms with E-state index in [1.54, 1.807) is 0 Å². The molecule has 1 saturated heterocycles. The SMILES string of the molecule is CCC/C=C(/C)CC1COCCN1. The van der Waals surface area contributed by atoms with E-state index >= 15 is 0 Å². The molecule has 1 unspecified atom stereocenters. The normalized spacial score (nSPS) is 24.8. The van der Waals surface area contributed by atoms with E-state index in [-0.39, 0.29) is 0 Å². The minimum absolute atomic E-state index is 0.543. The summed E-state index contributed by atoms with van der Waals surface area (Å²) in [5.74, 6) is 0. The molecule has 1 heterocycles. The highest BCUT2D eigenvalue weighted by Crippen LogP contribution is 2.08. The van der Waals surface area contributed by atoms with Crippen molar-refractivity contribution in [3.63, 3.8) is 0 Å². The molecule has 2 heteroatoms. The van der Waals surface area contributed by atoms with Crippen LogP contribution in [0.4, 0.5) is 0 Å². The van der Waals surface area contributed by atoms with Gasteiger partial charge in [0.25, 0.3) is 0 Å². The van der Waals surface area contributed by atoms with Gasteiger partial charge < -0.3 is 10.1 Å². The van der Waals surface area contributed by atoms with Gasteiger partial charge in [-0.3, -0.25) is 0 Å². The van der Waals surface area contributed by atoms with Crippen LogP contribution in [-0.4, -0.2) is 25.8 Å². The van der Waals surface area contributed by atoms with E-state index in [4.69, 9.17) is 4.74 Å². The molecule has 1 fully saturated rings. The fourth-order valence-electron chi connectivity index (χ4n) is 1.61. The third kappa shape index (κ3) is 4.44. The monoisotopic (exact) mass is 183 g/mol. The first-order valence-electron chi connectivity index (χ1n) is 5.29. The molecule has 1 aliphatic heterocycles. The van der Waals surface area contributed by atoms with Gasteiger partial charge in [0.15, 0.2) is 0 Å². The van der Waals surface area contributed by atoms with Crippen molar-refractivity contribution in [2.75, 3.05) is 19.8 Å². The first kappa shape index (κ1) is 10.7. The van der Waals surface area contributed by atoms with Crippen LogP contribution in [0.3, 0.4) is 0 Å². The summed E-state index contributed by atoms with van der Waals surface area (Å²) in [6.45, 7) is 7.18. The summed E-state index contributed by atoms with van der Waals surface area (Å²) in [6, 6.07) is 0.543. The lowest BCUT2D eigenvalue weighted by Crippen LogP contribution is -2.41. The lowest BCUT2D eigenvalue weighted by atomic mass is 10.1. The zero-order valence-electron chi connectivity index (χ0n) is 8.81. The van der Waals surface area contributed by atoms with Crippen molar-refractivity contribution >= 4 is 0 Å². The maximum Gasteiger partial charge on any atom is 0.0623 e. The predicted molar refractivity (Wildman–Crippen MR) is 55.9 cm³/mol. The molecule has 0 spiro atoms. The number of morpholine rings is 1. The van der Waals surface area contributed by atoms with Gasteiger partial charge in [-0.1, -0.05) is 25.0 Å². The quantitative estimate of drug-likeness (QED) is 0.674. The fraction of sp³-hybridized carbons (Fsp3) is 0.818. The molecule has 0 saturated carbocycles. The second kappa shape index (κ2) is 6.17. The minimum atomic E-state index is 0.543. The summed E-state index contributed by atoms with van der Waals surface area (Å²) in [7, 11) is 0. The van der Waals surface area contributed by atoms with Crippen molar-refractivity contribution in [2.24, 2.45) is 0 Å². The molecule has 0 amide bonds. The van der Waals surface area contributed by atoms with Crippen LogP contribution in [0, 0.1) is 0 Å². The number of hydrogen-bond acceptors (Lipinski definition) is 2. The zero-order valence-corrected chi connectivity index (χ0v) is 8.81. The van der Waals surface area contributed by atoms with E-state index in [9.17, 15) is 0 Å². The lowest BCUT2D eigenvalue weighted by Gasteiger charge is -2.24. The summed E-state index contributed by atoms with van der Waals surface area (Å²) in [4.78, 5) is 0. The summed E-state index contributed by atoms with van der Waals surface area (Å²) in [5, 5.41) is 3.46. The molecule has 0 aromatic rings. The van der Waals surface area contributed by atoms with Crippen LogP contribution in [0.25, 0.3) is 0 Å². The van der Waals surface area contributed by atoms with Gasteiger partial charge in [0.2, 0.25) is 0 Å². The summed E-state index contributed by atoms with van der Waals surface area (Å²) in [5.41, 5.74) is 1.49. The van der Waals surface area contributed by atoms with Gasteiger partial charge in [-0.25, -0.2) is 0 Å². The zero-order chi connectivity index (χ0) is 9.52. The minimum Gasteiger partial charge on any atom is -0.379 e. The second-order valence-electron chi connectivity index (χ2n) is 3.77. The van der Waals surface area contributed by atoms with E-state index in [2.05, 4.69) is 25.2 Å². The van der Waals surface area contributed by atoms with Crippen LogP contribution in [0.5, 0.6) is 0 Å². The Morgan fingerprint density at radius 2 is 2.46 bits per heavy atom. The van der Waals surface area contributed by atoms with Crippen molar-refractivity contribution in [3.05, 3.63) is 11.6 Å². The van der Waals surface area contributed by atoms with Crippen molar-refractivity contribution in [1.29, 1.82) is 0 Å². The third-order valence-corrected chi connectivity index (χ3v) is 2.35. The summed E-state index contributed by atoms with van der Waals surface area (Å²) in [6.07, 6.45) is 5.93. The summed E-state index contributed by atoms with van der Waals surface area (Å²) >= 11 is 0. The van der Waals surface area contributed by atoms with Crippen molar-refractivity contribution in [2.45, 2.75) is 39.2 Å². The first-order chi connectivity index (χ1) is 6.33. The molecular weight excluding hydrogens is 162 g/mol. The Morgan fingerprint density at radius 1 is 1.62 bits per heavy atom. The summed E-state index contributed by atoms with van der Waals surface area (Å²) < 4.78 is 5.40. The van der Waals surface area contributed by atoms with Crippen LogP contribution in [0.2, 0.25) is 0 Å². The van der Waals surface area contributed by atoms with Crippen LogP contribution in [0.1, 0.15) is 33.1 Å². The second-order valence-corrected chi connectivity index (χ2v) is 3.77. The predicted octanol–water partition coefficient (Wildman–Crippen LogP) is 2.11. The molecule has 0 aromatic heterocycles. The topological polar surface area (TPSA) is 21.3 Å². The highest BCUT2D eigenvalue weighted by atomic mass is 16.5. The number of ether oxygens (including phenoxy) is 1. The van der Waals surface area contributed by atoms with Crippen LogP contribution >= 0.6 is 0 Å². The molecule has 76 valence electrons. The molecular formula is C11H21NO. The number of unbranched alkanes of at least 4 members (excludes halogenated alkanes) is 1. The van der Waals surface area contributed by atoms with Crippen LogP contribution in [-0.2, 0) is 4.74 Å².